The molecule has 2 aromatic carbocycles. The van der Waals surface area contributed by atoms with Crippen LogP contribution in [0.3, 0.4) is 0 Å². The quantitative estimate of drug-likeness (QED) is 0.374. The molecule has 0 bridgehead atoms. The Labute approximate surface area is 197 Å². The maximum atomic E-state index is 12.6. The highest BCUT2D eigenvalue weighted by Crippen LogP contribution is 2.28. The van der Waals surface area contributed by atoms with E-state index in [1.165, 1.54) is 12.1 Å². The molecule has 0 aliphatic rings. The number of aromatic nitrogens is 2. The van der Waals surface area contributed by atoms with E-state index in [2.05, 4.69) is 25.3 Å². The fourth-order valence-corrected chi connectivity index (χ4v) is 4.67. The lowest BCUT2D eigenvalue weighted by Gasteiger charge is -2.12. The van der Waals surface area contributed by atoms with E-state index in [9.17, 15) is 8.42 Å². The molecule has 0 radical (unpaired) electrons. The first kappa shape index (κ1) is 24.1. The lowest BCUT2D eigenvalue weighted by Crippen LogP contribution is -2.29. The van der Waals surface area contributed by atoms with Gasteiger partial charge in [0, 0.05) is 35.6 Å². The highest BCUT2D eigenvalue weighted by atomic mass is 35.5. The normalized spacial score (nSPS) is 11.3. The van der Waals surface area contributed by atoms with Crippen molar-refractivity contribution < 1.29 is 13.2 Å². The Hall–Kier alpha value is -2.59. The number of aryl methyl sites for hydroxylation is 2. The van der Waals surface area contributed by atoms with E-state index in [0.29, 0.717) is 22.4 Å². The Morgan fingerprint density at radius 2 is 1.69 bits per heavy atom. The number of ether oxygens (including phenoxy) is 1. The van der Waals surface area contributed by atoms with Crippen LogP contribution >= 0.6 is 23.2 Å². The van der Waals surface area contributed by atoms with Gasteiger partial charge in [0.2, 0.25) is 16.0 Å². The van der Waals surface area contributed by atoms with Crippen LogP contribution in [0.15, 0.2) is 47.4 Å². The number of hydrogen-bond acceptors (Lipinski definition) is 7. The molecule has 32 heavy (non-hydrogen) atoms. The molecule has 3 rings (SSSR count). The van der Waals surface area contributed by atoms with Crippen LogP contribution in [0.25, 0.3) is 0 Å². The SMILES string of the molecule is COc1ccc(Nc2cc(C)nc(NCCNS(=O)(=O)c3cc(C)c(Cl)cc3Cl)n2)cc1. The van der Waals surface area contributed by atoms with Crippen LogP contribution in [0.4, 0.5) is 17.5 Å². The molecule has 3 aromatic rings. The van der Waals surface area contributed by atoms with Crippen molar-refractivity contribution in [2.24, 2.45) is 0 Å². The summed E-state index contributed by atoms with van der Waals surface area (Å²) in [6, 6.07) is 12.1. The molecular formula is C21H23Cl2N5O3S. The highest BCUT2D eigenvalue weighted by molar-refractivity contribution is 7.89. The molecule has 170 valence electrons. The predicted molar refractivity (Wildman–Crippen MR) is 128 cm³/mol. The predicted octanol–water partition coefficient (Wildman–Crippen LogP) is 4.54. The van der Waals surface area contributed by atoms with Gasteiger partial charge in [0.05, 0.1) is 12.1 Å². The van der Waals surface area contributed by atoms with Crippen LogP contribution in [0.2, 0.25) is 10.0 Å². The topological polar surface area (TPSA) is 105 Å². The number of hydrogen-bond donors (Lipinski definition) is 3. The Bertz CT molecular complexity index is 1200. The van der Waals surface area contributed by atoms with Gasteiger partial charge < -0.3 is 15.4 Å². The minimum absolute atomic E-state index is 0.0150. The van der Waals surface area contributed by atoms with E-state index in [-0.39, 0.29) is 23.0 Å². The molecule has 0 aliphatic heterocycles. The summed E-state index contributed by atoms with van der Waals surface area (Å²) in [4.78, 5) is 8.74. The second-order valence-corrected chi connectivity index (χ2v) is 9.48. The molecule has 0 amide bonds. The van der Waals surface area contributed by atoms with Gasteiger partial charge in [-0.25, -0.2) is 18.1 Å². The minimum Gasteiger partial charge on any atom is -0.497 e. The Balaban J connectivity index is 1.60. The second-order valence-electron chi connectivity index (χ2n) is 6.93. The molecule has 3 N–H and O–H groups in total. The van der Waals surface area contributed by atoms with Crippen LogP contribution in [0.1, 0.15) is 11.3 Å². The Morgan fingerprint density at radius 3 is 2.38 bits per heavy atom. The smallest absolute Gasteiger partial charge is 0.242 e. The van der Waals surface area contributed by atoms with Gasteiger partial charge in [-0.2, -0.15) is 4.98 Å². The minimum atomic E-state index is -3.79. The fraction of sp³-hybridized carbons (Fsp3) is 0.238. The largest absolute Gasteiger partial charge is 0.497 e. The zero-order chi connectivity index (χ0) is 23.3. The third kappa shape index (κ3) is 6.23. The molecule has 1 aromatic heterocycles. The molecule has 0 saturated heterocycles. The van der Waals surface area contributed by atoms with Gasteiger partial charge in [0.25, 0.3) is 0 Å². The number of sulfonamides is 1. The van der Waals surface area contributed by atoms with Crippen molar-refractivity contribution in [2.45, 2.75) is 18.7 Å². The van der Waals surface area contributed by atoms with Gasteiger partial charge >= 0.3 is 0 Å². The molecule has 1 heterocycles. The molecule has 0 atom stereocenters. The first-order valence-corrected chi connectivity index (χ1v) is 11.9. The summed E-state index contributed by atoms with van der Waals surface area (Å²) in [5.74, 6) is 1.74. The number of halogens is 2. The number of benzene rings is 2. The first-order chi connectivity index (χ1) is 15.2. The van der Waals surface area contributed by atoms with E-state index in [4.69, 9.17) is 27.9 Å². The molecule has 0 saturated carbocycles. The van der Waals surface area contributed by atoms with Crippen LogP contribution in [-0.2, 0) is 10.0 Å². The van der Waals surface area contributed by atoms with Gasteiger partial charge in [-0.3, -0.25) is 0 Å². The van der Waals surface area contributed by atoms with Gasteiger partial charge in [-0.1, -0.05) is 23.2 Å². The van der Waals surface area contributed by atoms with Crippen LogP contribution < -0.4 is 20.1 Å². The zero-order valence-electron chi connectivity index (χ0n) is 17.7. The van der Waals surface area contributed by atoms with Crippen molar-refractivity contribution in [2.75, 3.05) is 30.8 Å². The van der Waals surface area contributed by atoms with Crippen molar-refractivity contribution in [3.05, 3.63) is 63.8 Å². The summed E-state index contributed by atoms with van der Waals surface area (Å²) >= 11 is 12.0. The number of nitrogens with zero attached hydrogens (tertiary/aromatic N) is 2. The van der Waals surface area contributed by atoms with Crippen LogP contribution in [0, 0.1) is 13.8 Å². The summed E-state index contributed by atoms with van der Waals surface area (Å²) in [5.41, 5.74) is 2.22. The van der Waals surface area contributed by atoms with Gasteiger partial charge in [-0.15, -0.1) is 0 Å². The van der Waals surface area contributed by atoms with Crippen molar-refractivity contribution in [1.82, 2.24) is 14.7 Å². The molecule has 8 nitrogen and oxygen atoms in total. The average Bonchev–Trinajstić information content (AvgIpc) is 2.74. The van der Waals surface area contributed by atoms with Crippen LogP contribution in [0.5, 0.6) is 5.75 Å². The summed E-state index contributed by atoms with van der Waals surface area (Å²) < 4.78 is 32.8. The van der Waals surface area contributed by atoms with Crippen molar-refractivity contribution in [3.63, 3.8) is 0 Å². The third-order valence-electron chi connectivity index (χ3n) is 4.42. The summed E-state index contributed by atoms with van der Waals surface area (Å²) in [7, 11) is -2.18. The van der Waals surface area contributed by atoms with Crippen molar-refractivity contribution >= 4 is 50.7 Å². The molecule has 11 heteroatoms. The van der Waals surface area contributed by atoms with E-state index >= 15 is 0 Å². The molecule has 0 fully saturated rings. The van der Waals surface area contributed by atoms with Gasteiger partial charge in [-0.05, 0) is 55.8 Å². The highest BCUT2D eigenvalue weighted by Gasteiger charge is 2.19. The van der Waals surface area contributed by atoms with E-state index < -0.39 is 10.0 Å². The molecular weight excluding hydrogens is 473 g/mol. The Morgan fingerprint density at radius 1 is 0.969 bits per heavy atom. The lowest BCUT2D eigenvalue weighted by molar-refractivity contribution is 0.415. The van der Waals surface area contributed by atoms with Crippen molar-refractivity contribution in [1.29, 1.82) is 0 Å². The van der Waals surface area contributed by atoms with Gasteiger partial charge in [0.1, 0.15) is 16.5 Å². The number of nitrogens with one attached hydrogen (secondary N) is 3. The lowest BCUT2D eigenvalue weighted by atomic mass is 10.2. The van der Waals surface area contributed by atoms with E-state index in [1.54, 1.807) is 14.0 Å². The average molecular weight is 496 g/mol. The molecule has 0 unspecified atom stereocenters. The molecule has 0 spiro atoms. The second kappa shape index (κ2) is 10.4. The summed E-state index contributed by atoms with van der Waals surface area (Å²) in [5, 5.41) is 6.71. The van der Waals surface area contributed by atoms with Gasteiger partial charge in [0.15, 0.2) is 0 Å². The monoisotopic (exact) mass is 495 g/mol. The van der Waals surface area contributed by atoms with E-state index in [0.717, 1.165) is 17.1 Å². The maximum absolute atomic E-state index is 12.6. The molecule has 0 aliphatic carbocycles. The third-order valence-corrected chi connectivity index (χ3v) is 6.75. The zero-order valence-corrected chi connectivity index (χ0v) is 20.1. The first-order valence-electron chi connectivity index (χ1n) is 9.64. The Kier molecular flexibility index (Phi) is 7.78. The van der Waals surface area contributed by atoms with E-state index in [1.807, 2.05) is 37.3 Å². The fourth-order valence-electron chi connectivity index (χ4n) is 2.81. The summed E-state index contributed by atoms with van der Waals surface area (Å²) in [6.07, 6.45) is 0. The maximum Gasteiger partial charge on any atom is 0.242 e. The standard InChI is InChI=1S/C21H23Cl2N5O3S/c1-13-10-19(18(23)12-17(13)22)32(29,30)25-9-8-24-21-26-14(2)11-20(28-21)27-15-4-6-16(31-3)7-5-15/h4-7,10-12,25H,8-9H2,1-3H3,(H2,24,26,27,28). The van der Waals surface area contributed by atoms with Crippen LogP contribution in [-0.4, -0.2) is 38.6 Å². The number of rotatable bonds is 9. The summed E-state index contributed by atoms with van der Waals surface area (Å²) in [6.45, 7) is 3.94. The number of methoxy groups -OCH3 is 1. The van der Waals surface area contributed by atoms with Crippen molar-refractivity contribution in [3.8, 4) is 5.75 Å². The number of anilines is 3.